The molecule has 0 spiro atoms. The molecule has 2 aromatic rings. The molecule has 2 amide bonds. The van der Waals surface area contributed by atoms with Crippen molar-refractivity contribution in [2.24, 2.45) is 17.8 Å². The molecule has 3 atom stereocenters. The van der Waals surface area contributed by atoms with Crippen molar-refractivity contribution in [3.8, 4) is 11.1 Å². The van der Waals surface area contributed by atoms with Crippen LogP contribution in [-0.4, -0.2) is 48.2 Å². The van der Waals surface area contributed by atoms with Crippen LogP contribution in [0.2, 0.25) is 0 Å². The number of benzene rings is 2. The van der Waals surface area contributed by atoms with Crippen molar-refractivity contribution < 1.29 is 33.0 Å². The van der Waals surface area contributed by atoms with E-state index in [9.17, 15) is 28.3 Å². The van der Waals surface area contributed by atoms with Crippen molar-refractivity contribution >= 4 is 18.0 Å². The first-order valence-corrected chi connectivity index (χ1v) is 11.8. The number of nitrogens with one attached hydrogen (secondary N) is 2. The van der Waals surface area contributed by atoms with E-state index in [0.29, 0.717) is 0 Å². The summed E-state index contributed by atoms with van der Waals surface area (Å²) in [6.45, 7) is -0.394. The number of fused-ring (bicyclic) bond motifs is 3. The highest BCUT2D eigenvalue weighted by molar-refractivity contribution is 5.88. The summed E-state index contributed by atoms with van der Waals surface area (Å²) in [7, 11) is 0. The lowest BCUT2D eigenvalue weighted by Gasteiger charge is -2.15. The normalized spacial score (nSPS) is 22.5. The van der Waals surface area contributed by atoms with Gasteiger partial charge in [-0.25, -0.2) is 18.4 Å². The van der Waals surface area contributed by atoms with Gasteiger partial charge in [-0.1, -0.05) is 61.4 Å². The molecule has 3 aliphatic carbocycles. The maximum absolute atomic E-state index is 14.2. The Bertz CT molecular complexity index is 1120. The zero-order chi connectivity index (χ0) is 24.7. The lowest BCUT2D eigenvalue weighted by atomic mass is 9.98. The molecule has 7 nitrogen and oxygen atoms in total. The summed E-state index contributed by atoms with van der Waals surface area (Å²) in [6.07, 6.45) is 1.16. The van der Waals surface area contributed by atoms with Crippen molar-refractivity contribution in [1.82, 2.24) is 10.6 Å². The third-order valence-corrected chi connectivity index (χ3v) is 7.18. The number of alkyl halides is 2. The summed E-state index contributed by atoms with van der Waals surface area (Å²) < 4.78 is 33.9. The van der Waals surface area contributed by atoms with Gasteiger partial charge < -0.3 is 20.5 Å². The third kappa shape index (κ3) is 4.59. The molecule has 2 fully saturated rings. The maximum atomic E-state index is 14.2. The fourth-order valence-electron chi connectivity index (χ4n) is 5.01. The largest absolute Gasteiger partial charge is 0.480 e. The Morgan fingerprint density at radius 2 is 1.63 bits per heavy atom. The van der Waals surface area contributed by atoms with Gasteiger partial charge in [-0.05, 0) is 34.6 Å². The molecule has 5 rings (SSSR count). The predicted octanol–water partition coefficient (Wildman–Crippen LogP) is 3.78. The van der Waals surface area contributed by atoms with Gasteiger partial charge in [-0.15, -0.1) is 0 Å². The van der Waals surface area contributed by atoms with E-state index in [1.165, 1.54) is 0 Å². The Morgan fingerprint density at radius 1 is 1.03 bits per heavy atom. The molecular weight excluding hydrogens is 458 g/mol. The second-order valence-electron chi connectivity index (χ2n) is 9.54. The predicted molar refractivity (Wildman–Crippen MR) is 122 cm³/mol. The minimum absolute atomic E-state index is 0.0479. The van der Waals surface area contributed by atoms with Gasteiger partial charge in [-0.3, -0.25) is 4.79 Å². The van der Waals surface area contributed by atoms with Crippen LogP contribution >= 0.6 is 0 Å². The van der Waals surface area contributed by atoms with E-state index < -0.39 is 48.3 Å². The van der Waals surface area contributed by atoms with Gasteiger partial charge in [0.15, 0.2) is 0 Å². The van der Waals surface area contributed by atoms with Gasteiger partial charge in [0.2, 0.25) is 5.91 Å². The van der Waals surface area contributed by atoms with Crippen LogP contribution < -0.4 is 10.6 Å². The molecule has 3 aliphatic rings. The highest BCUT2D eigenvalue weighted by Crippen LogP contribution is 2.55. The zero-order valence-electron chi connectivity index (χ0n) is 18.9. The Morgan fingerprint density at radius 3 is 2.20 bits per heavy atom. The smallest absolute Gasteiger partial charge is 0.407 e. The highest BCUT2D eigenvalue weighted by atomic mass is 19.3. The molecule has 0 bridgehead atoms. The van der Waals surface area contributed by atoms with Gasteiger partial charge in [-0.2, -0.15) is 0 Å². The van der Waals surface area contributed by atoms with E-state index in [1.807, 2.05) is 48.5 Å². The number of carboxylic acids is 1. The van der Waals surface area contributed by atoms with Crippen molar-refractivity contribution in [1.29, 1.82) is 0 Å². The topological polar surface area (TPSA) is 105 Å². The summed E-state index contributed by atoms with van der Waals surface area (Å²) in [5.74, 6) is -8.57. The van der Waals surface area contributed by atoms with E-state index in [1.54, 1.807) is 0 Å². The van der Waals surface area contributed by atoms with Crippen molar-refractivity contribution in [2.75, 3.05) is 13.2 Å². The highest BCUT2D eigenvalue weighted by Gasteiger charge is 2.71. The molecule has 1 unspecified atom stereocenters. The summed E-state index contributed by atoms with van der Waals surface area (Å²) in [5, 5.41) is 13.8. The van der Waals surface area contributed by atoms with Crippen LogP contribution in [0.3, 0.4) is 0 Å². The number of aliphatic carboxylic acids is 1. The summed E-state index contributed by atoms with van der Waals surface area (Å²) >= 11 is 0. The molecule has 2 saturated carbocycles. The molecule has 2 aromatic carbocycles. The Labute approximate surface area is 200 Å². The SMILES string of the molecule is O=C(NC[C@H]1[C@@H](C(=O)NC(CC2CC2)C(=O)O)C1(F)F)OCC1c2ccccc2-c2ccccc21. The number of amides is 2. The lowest BCUT2D eigenvalue weighted by Crippen LogP contribution is -2.42. The van der Waals surface area contributed by atoms with Gasteiger partial charge >= 0.3 is 12.1 Å². The van der Waals surface area contributed by atoms with Crippen LogP contribution in [0, 0.1) is 17.8 Å². The summed E-state index contributed by atoms with van der Waals surface area (Å²) in [6, 6.07) is 14.5. The molecule has 9 heteroatoms. The van der Waals surface area contributed by atoms with Crippen molar-refractivity contribution in [2.45, 2.75) is 37.1 Å². The minimum Gasteiger partial charge on any atom is -0.480 e. The number of carboxylic acid groups (broad SMARTS) is 1. The zero-order valence-corrected chi connectivity index (χ0v) is 18.9. The van der Waals surface area contributed by atoms with Crippen molar-refractivity contribution in [3.05, 3.63) is 59.7 Å². The van der Waals surface area contributed by atoms with Crippen LogP contribution in [-0.2, 0) is 14.3 Å². The Balaban J connectivity index is 1.14. The first-order valence-electron chi connectivity index (χ1n) is 11.8. The number of rotatable bonds is 9. The van der Waals surface area contributed by atoms with Gasteiger partial charge in [0, 0.05) is 12.5 Å². The van der Waals surface area contributed by atoms with Crippen LogP contribution in [0.5, 0.6) is 0 Å². The molecule has 184 valence electrons. The number of alkyl carbamates (subject to hydrolysis) is 1. The van der Waals surface area contributed by atoms with Crippen LogP contribution in [0.25, 0.3) is 11.1 Å². The van der Waals surface area contributed by atoms with Gasteiger partial charge in [0.25, 0.3) is 5.92 Å². The minimum atomic E-state index is -3.32. The van der Waals surface area contributed by atoms with E-state index >= 15 is 0 Å². The maximum Gasteiger partial charge on any atom is 0.407 e. The Hall–Kier alpha value is -3.49. The molecule has 0 saturated heterocycles. The molecule has 0 heterocycles. The number of hydrogen-bond donors (Lipinski definition) is 3. The average molecular weight is 484 g/mol. The average Bonchev–Trinajstić information content (AvgIpc) is 3.72. The van der Waals surface area contributed by atoms with E-state index in [-0.39, 0.29) is 24.9 Å². The lowest BCUT2D eigenvalue weighted by molar-refractivity contribution is -0.142. The van der Waals surface area contributed by atoms with Gasteiger partial charge in [0.1, 0.15) is 18.6 Å². The molecule has 0 aromatic heterocycles. The monoisotopic (exact) mass is 484 g/mol. The molecule has 0 aliphatic heterocycles. The third-order valence-electron chi connectivity index (χ3n) is 7.18. The van der Waals surface area contributed by atoms with Crippen molar-refractivity contribution in [3.63, 3.8) is 0 Å². The molecular formula is C26H26F2N2O5. The first-order chi connectivity index (χ1) is 16.8. The molecule has 0 radical (unpaired) electrons. The molecule has 35 heavy (non-hydrogen) atoms. The second-order valence-corrected chi connectivity index (χ2v) is 9.54. The standard InChI is InChI=1S/C26H26F2N2O5/c27-26(28)20(22(26)23(31)30-21(24(32)33)11-14-9-10-14)12-29-25(34)35-13-19-17-7-3-1-5-15(17)16-6-2-4-8-18(16)19/h1-8,14,19-22H,9-13H2,(H,29,34)(H,30,31)(H,32,33)/t20-,21?,22-/m0/s1. The second kappa shape index (κ2) is 8.94. The summed E-state index contributed by atoms with van der Waals surface area (Å²) in [4.78, 5) is 36.0. The Kier molecular flexibility index (Phi) is 5.94. The van der Waals surface area contributed by atoms with E-state index in [4.69, 9.17) is 4.74 Å². The van der Waals surface area contributed by atoms with E-state index in [0.717, 1.165) is 35.1 Å². The van der Waals surface area contributed by atoms with Crippen LogP contribution in [0.1, 0.15) is 36.3 Å². The number of carbonyl (C=O) groups is 3. The fourth-order valence-corrected chi connectivity index (χ4v) is 5.01. The number of ether oxygens (including phenoxy) is 1. The molecule has 3 N–H and O–H groups in total. The number of carbonyl (C=O) groups excluding carboxylic acids is 2. The summed E-state index contributed by atoms with van der Waals surface area (Å²) in [5.41, 5.74) is 4.21. The van der Waals surface area contributed by atoms with Crippen LogP contribution in [0.15, 0.2) is 48.5 Å². The quantitative estimate of drug-likeness (QED) is 0.503. The van der Waals surface area contributed by atoms with E-state index in [2.05, 4.69) is 10.6 Å². The fraction of sp³-hybridized carbons (Fsp3) is 0.423. The number of halogens is 2. The van der Waals surface area contributed by atoms with Gasteiger partial charge in [0.05, 0.1) is 5.92 Å². The number of hydrogen-bond acceptors (Lipinski definition) is 4. The first kappa shape index (κ1) is 23.3. The van der Waals surface area contributed by atoms with Crippen LogP contribution in [0.4, 0.5) is 13.6 Å².